The molecule has 1 aromatic carbocycles. The van der Waals surface area contributed by atoms with E-state index in [1.165, 1.54) is 11.1 Å². The van der Waals surface area contributed by atoms with E-state index in [1.54, 1.807) is 11.3 Å². The molecule has 0 aliphatic heterocycles. The number of aromatic nitrogens is 1. The van der Waals surface area contributed by atoms with Crippen molar-refractivity contribution in [2.24, 2.45) is 0 Å². The van der Waals surface area contributed by atoms with E-state index in [-0.39, 0.29) is 0 Å². The van der Waals surface area contributed by atoms with Gasteiger partial charge in [0.2, 0.25) is 0 Å². The van der Waals surface area contributed by atoms with E-state index >= 15 is 0 Å². The zero-order chi connectivity index (χ0) is 11.4. The number of rotatable bonds is 4. The van der Waals surface area contributed by atoms with Crippen molar-refractivity contribution in [2.75, 3.05) is 0 Å². The molecule has 2 rings (SSSR count). The number of nitrogens with zero attached hydrogens (tertiary/aromatic N) is 1. The van der Waals surface area contributed by atoms with Gasteiger partial charge in [-0.25, -0.2) is 4.98 Å². The summed E-state index contributed by atoms with van der Waals surface area (Å²) in [5.41, 5.74) is 5.68. The summed E-state index contributed by atoms with van der Waals surface area (Å²) in [5.74, 6) is 0. The molecule has 0 radical (unpaired) electrons. The minimum absolute atomic E-state index is 0.364. The summed E-state index contributed by atoms with van der Waals surface area (Å²) in [7, 11) is 0. The van der Waals surface area contributed by atoms with Crippen molar-refractivity contribution in [1.29, 1.82) is 0 Å². The Labute approximate surface area is 100 Å². The van der Waals surface area contributed by atoms with E-state index in [9.17, 15) is 0 Å². The van der Waals surface area contributed by atoms with Crippen LogP contribution in [-0.4, -0.2) is 4.98 Å². The second-order valence-corrected chi connectivity index (χ2v) is 4.66. The fraction of sp³-hybridized carbons (Fsp3) is 0.308. The molecular weight excluding hydrogens is 216 g/mol. The maximum absolute atomic E-state index is 4.26. The third-order valence-electron chi connectivity index (χ3n) is 2.73. The highest BCUT2D eigenvalue weighted by atomic mass is 32.1. The van der Waals surface area contributed by atoms with Gasteiger partial charge >= 0.3 is 0 Å². The molecule has 0 saturated carbocycles. The molecule has 0 bridgehead atoms. The lowest BCUT2D eigenvalue weighted by molar-refractivity contribution is 0.567. The topological polar surface area (TPSA) is 24.9 Å². The Morgan fingerprint density at radius 3 is 2.88 bits per heavy atom. The van der Waals surface area contributed by atoms with Gasteiger partial charge in [-0.3, -0.25) is 0 Å². The molecule has 3 heteroatoms. The van der Waals surface area contributed by atoms with Crippen LogP contribution in [-0.2, 0) is 6.54 Å². The van der Waals surface area contributed by atoms with Gasteiger partial charge in [0.15, 0.2) is 0 Å². The molecule has 84 valence electrons. The van der Waals surface area contributed by atoms with Crippen LogP contribution in [0.1, 0.15) is 29.8 Å². The number of thiazole rings is 1. The molecule has 16 heavy (non-hydrogen) atoms. The van der Waals surface area contributed by atoms with Crippen molar-refractivity contribution in [3.63, 3.8) is 0 Å². The van der Waals surface area contributed by atoms with Crippen molar-refractivity contribution in [3.05, 3.63) is 52.0 Å². The SMILES string of the molecule is Cc1ccccc1[C@@H](C)NCc1cscn1. The second-order valence-electron chi connectivity index (χ2n) is 3.94. The number of aryl methyl sites for hydroxylation is 1. The van der Waals surface area contributed by atoms with Crippen molar-refractivity contribution in [1.82, 2.24) is 10.3 Å². The van der Waals surface area contributed by atoms with Crippen LogP contribution in [0.3, 0.4) is 0 Å². The smallest absolute Gasteiger partial charge is 0.0795 e. The van der Waals surface area contributed by atoms with Gasteiger partial charge in [-0.2, -0.15) is 0 Å². The lowest BCUT2D eigenvalue weighted by atomic mass is 10.0. The average Bonchev–Trinajstić information content (AvgIpc) is 2.79. The summed E-state index contributed by atoms with van der Waals surface area (Å²) >= 11 is 1.64. The molecule has 0 spiro atoms. The first-order chi connectivity index (χ1) is 7.77. The van der Waals surface area contributed by atoms with Crippen LogP contribution in [0.4, 0.5) is 0 Å². The molecule has 2 nitrogen and oxygen atoms in total. The van der Waals surface area contributed by atoms with Crippen molar-refractivity contribution in [3.8, 4) is 0 Å². The summed E-state index contributed by atoms with van der Waals surface area (Å²) in [6.45, 7) is 5.17. The number of nitrogens with one attached hydrogen (secondary N) is 1. The van der Waals surface area contributed by atoms with Crippen LogP contribution in [0.2, 0.25) is 0 Å². The van der Waals surface area contributed by atoms with Gasteiger partial charge < -0.3 is 5.32 Å². The van der Waals surface area contributed by atoms with E-state index in [2.05, 4.69) is 53.8 Å². The van der Waals surface area contributed by atoms with Gasteiger partial charge in [0.05, 0.1) is 11.2 Å². The first kappa shape index (κ1) is 11.3. The van der Waals surface area contributed by atoms with Crippen LogP contribution in [0.15, 0.2) is 35.2 Å². The zero-order valence-electron chi connectivity index (χ0n) is 9.60. The fourth-order valence-corrected chi connectivity index (χ4v) is 2.32. The van der Waals surface area contributed by atoms with E-state index < -0.39 is 0 Å². The van der Waals surface area contributed by atoms with Crippen LogP contribution in [0.5, 0.6) is 0 Å². The van der Waals surface area contributed by atoms with Gasteiger partial charge in [0, 0.05) is 18.0 Å². The van der Waals surface area contributed by atoms with Crippen molar-refractivity contribution in [2.45, 2.75) is 26.4 Å². The Kier molecular flexibility index (Phi) is 3.70. The lowest BCUT2D eigenvalue weighted by Crippen LogP contribution is -2.18. The molecule has 1 atom stereocenters. The lowest BCUT2D eigenvalue weighted by Gasteiger charge is -2.15. The maximum Gasteiger partial charge on any atom is 0.0795 e. The largest absolute Gasteiger partial charge is 0.305 e. The highest BCUT2D eigenvalue weighted by Gasteiger charge is 2.07. The summed E-state index contributed by atoms with van der Waals surface area (Å²) in [5, 5.41) is 5.57. The quantitative estimate of drug-likeness (QED) is 0.875. The molecule has 0 saturated heterocycles. The minimum Gasteiger partial charge on any atom is -0.305 e. The van der Waals surface area contributed by atoms with Gasteiger partial charge in [0.1, 0.15) is 0 Å². The standard InChI is InChI=1S/C13H16N2S/c1-10-5-3-4-6-13(10)11(2)14-7-12-8-16-9-15-12/h3-6,8-9,11,14H,7H2,1-2H3/t11-/m1/s1. The maximum atomic E-state index is 4.26. The van der Waals surface area contributed by atoms with Crippen LogP contribution in [0, 0.1) is 6.92 Å². The Bertz CT molecular complexity index is 437. The zero-order valence-corrected chi connectivity index (χ0v) is 10.4. The minimum atomic E-state index is 0.364. The second kappa shape index (κ2) is 5.23. The van der Waals surface area contributed by atoms with Crippen molar-refractivity contribution >= 4 is 11.3 Å². The molecule has 0 amide bonds. The predicted octanol–water partition coefficient (Wildman–Crippen LogP) is 3.30. The average molecular weight is 232 g/mol. The van der Waals surface area contributed by atoms with Gasteiger partial charge in [-0.1, -0.05) is 24.3 Å². The first-order valence-electron chi connectivity index (χ1n) is 5.43. The van der Waals surface area contributed by atoms with E-state index in [1.807, 2.05) is 5.51 Å². The first-order valence-corrected chi connectivity index (χ1v) is 6.37. The van der Waals surface area contributed by atoms with Gasteiger partial charge in [-0.15, -0.1) is 11.3 Å². The normalized spacial score (nSPS) is 12.6. The number of benzene rings is 1. The van der Waals surface area contributed by atoms with E-state index in [0.29, 0.717) is 6.04 Å². The Morgan fingerprint density at radius 2 is 2.19 bits per heavy atom. The summed E-state index contributed by atoms with van der Waals surface area (Å²) < 4.78 is 0. The van der Waals surface area contributed by atoms with Crippen LogP contribution < -0.4 is 5.32 Å². The molecule has 1 N–H and O–H groups in total. The molecule has 1 aromatic heterocycles. The van der Waals surface area contributed by atoms with Crippen LogP contribution >= 0.6 is 11.3 Å². The molecule has 0 fully saturated rings. The highest BCUT2D eigenvalue weighted by molar-refractivity contribution is 7.07. The molecule has 2 aromatic rings. The third kappa shape index (κ3) is 2.68. The van der Waals surface area contributed by atoms with Gasteiger partial charge in [0.25, 0.3) is 0 Å². The molecular formula is C13H16N2S. The number of hydrogen-bond donors (Lipinski definition) is 1. The van der Waals surface area contributed by atoms with E-state index in [4.69, 9.17) is 0 Å². The highest BCUT2D eigenvalue weighted by Crippen LogP contribution is 2.17. The Hall–Kier alpha value is -1.19. The van der Waals surface area contributed by atoms with Crippen LogP contribution in [0.25, 0.3) is 0 Å². The van der Waals surface area contributed by atoms with E-state index in [0.717, 1.165) is 12.2 Å². The van der Waals surface area contributed by atoms with Gasteiger partial charge in [-0.05, 0) is 25.0 Å². The summed E-state index contributed by atoms with van der Waals surface area (Å²) in [6, 6.07) is 8.85. The predicted molar refractivity (Wildman–Crippen MR) is 68.5 cm³/mol. The monoisotopic (exact) mass is 232 g/mol. The summed E-state index contributed by atoms with van der Waals surface area (Å²) in [4.78, 5) is 4.26. The molecule has 0 aliphatic carbocycles. The Balaban J connectivity index is 1.98. The molecule has 0 unspecified atom stereocenters. The summed E-state index contributed by atoms with van der Waals surface area (Å²) in [6.07, 6.45) is 0. The third-order valence-corrected chi connectivity index (χ3v) is 3.36. The Morgan fingerprint density at radius 1 is 1.38 bits per heavy atom. The molecule has 0 aliphatic rings. The van der Waals surface area contributed by atoms with Crippen molar-refractivity contribution < 1.29 is 0 Å². The molecule has 1 heterocycles. The number of hydrogen-bond acceptors (Lipinski definition) is 3. The fourth-order valence-electron chi connectivity index (χ4n) is 1.77.